The van der Waals surface area contributed by atoms with Crippen LogP contribution in [0.2, 0.25) is 0 Å². The predicted octanol–water partition coefficient (Wildman–Crippen LogP) is 4.18. The number of hydrogen-bond acceptors (Lipinski definition) is 1. The van der Waals surface area contributed by atoms with Gasteiger partial charge in [-0.1, -0.05) is 25.5 Å². The Labute approximate surface area is 105 Å². The molecule has 0 N–H and O–H groups in total. The molecule has 92 valence electrons. The van der Waals surface area contributed by atoms with Crippen molar-refractivity contribution in [1.82, 2.24) is 0 Å². The lowest BCUT2D eigenvalue weighted by Crippen LogP contribution is -2.46. The molecule has 0 radical (unpaired) electrons. The summed E-state index contributed by atoms with van der Waals surface area (Å²) in [5, 5.41) is 0. The van der Waals surface area contributed by atoms with Gasteiger partial charge in [-0.3, -0.25) is 4.99 Å². The molecule has 1 heteroatoms. The molecule has 0 unspecified atom stereocenters. The molecule has 2 rings (SSSR count). The third-order valence-electron chi connectivity index (χ3n) is 4.47. The van der Waals surface area contributed by atoms with Gasteiger partial charge in [-0.05, 0) is 57.4 Å². The van der Waals surface area contributed by atoms with E-state index in [-0.39, 0.29) is 11.0 Å². The van der Waals surface area contributed by atoms with Crippen LogP contribution in [0.25, 0.3) is 0 Å². The average Bonchev–Trinajstić information content (AvgIpc) is 2.12. The zero-order valence-electron chi connectivity index (χ0n) is 12.1. The number of nitrogens with zero attached hydrogens (tertiary/aromatic N) is 1. The van der Waals surface area contributed by atoms with Crippen molar-refractivity contribution in [2.45, 2.75) is 59.4 Å². The maximum atomic E-state index is 4.91. The zero-order valence-corrected chi connectivity index (χ0v) is 12.1. The van der Waals surface area contributed by atoms with E-state index >= 15 is 0 Å². The highest BCUT2D eigenvalue weighted by Crippen LogP contribution is 2.44. The molecule has 1 aromatic carbocycles. The summed E-state index contributed by atoms with van der Waals surface area (Å²) >= 11 is 0. The zero-order chi connectivity index (χ0) is 13.0. The number of hydrogen-bond donors (Lipinski definition) is 0. The fourth-order valence-electron chi connectivity index (χ4n) is 3.01. The van der Waals surface area contributed by atoms with Crippen LogP contribution in [0, 0.1) is 13.8 Å². The molecular formula is C16H23N. The average molecular weight is 229 g/mol. The van der Waals surface area contributed by atoms with Gasteiger partial charge in [0.1, 0.15) is 0 Å². The second kappa shape index (κ2) is 3.44. The molecular weight excluding hydrogens is 206 g/mol. The van der Waals surface area contributed by atoms with Gasteiger partial charge in [-0.15, -0.1) is 0 Å². The topological polar surface area (TPSA) is 12.4 Å². The molecule has 1 aliphatic rings. The maximum absolute atomic E-state index is 4.91. The van der Waals surface area contributed by atoms with Crippen molar-refractivity contribution in [3.63, 3.8) is 0 Å². The molecule has 0 fully saturated rings. The van der Waals surface area contributed by atoms with Gasteiger partial charge in [0.2, 0.25) is 0 Å². The first-order valence-electron chi connectivity index (χ1n) is 6.35. The summed E-state index contributed by atoms with van der Waals surface area (Å²) in [6.07, 6.45) is 0. The van der Waals surface area contributed by atoms with Crippen LogP contribution in [-0.2, 0) is 5.41 Å². The summed E-state index contributed by atoms with van der Waals surface area (Å²) in [4.78, 5) is 4.91. The van der Waals surface area contributed by atoms with Crippen molar-refractivity contribution in [2.75, 3.05) is 0 Å². The molecule has 0 amide bonds. The Bertz CT molecular complexity index is 505. The minimum atomic E-state index is -0.0376. The van der Waals surface area contributed by atoms with E-state index in [1.165, 1.54) is 28.0 Å². The maximum Gasteiger partial charge on any atom is 0.0646 e. The highest BCUT2D eigenvalue weighted by atomic mass is 14.9. The van der Waals surface area contributed by atoms with Crippen LogP contribution >= 0.6 is 0 Å². The van der Waals surface area contributed by atoms with Gasteiger partial charge in [0, 0.05) is 11.1 Å². The molecule has 1 heterocycles. The Hall–Kier alpha value is -1.11. The summed E-state index contributed by atoms with van der Waals surface area (Å²) in [7, 11) is 0. The molecule has 1 aliphatic heterocycles. The Morgan fingerprint density at radius 1 is 0.941 bits per heavy atom. The molecule has 0 bridgehead atoms. The fraction of sp³-hybridized carbons (Fsp3) is 0.562. The smallest absolute Gasteiger partial charge is 0.0646 e. The lowest BCUT2D eigenvalue weighted by Gasteiger charge is -2.45. The number of aryl methyl sites for hydroxylation is 2. The molecule has 0 spiro atoms. The molecule has 17 heavy (non-hydrogen) atoms. The van der Waals surface area contributed by atoms with Crippen LogP contribution in [0.5, 0.6) is 0 Å². The first kappa shape index (κ1) is 12.3. The fourth-order valence-corrected chi connectivity index (χ4v) is 3.01. The molecule has 0 atom stereocenters. The Morgan fingerprint density at radius 3 is 2.12 bits per heavy atom. The standard InChI is InChI=1S/C16H23N/c1-10-8-11(2)14-13(9-10)12(3)17-16(6,7)15(14,4)5/h8-9H,1-7H3. The van der Waals surface area contributed by atoms with Gasteiger partial charge in [-0.2, -0.15) is 0 Å². The van der Waals surface area contributed by atoms with Gasteiger partial charge >= 0.3 is 0 Å². The van der Waals surface area contributed by atoms with E-state index in [0.29, 0.717) is 0 Å². The van der Waals surface area contributed by atoms with Gasteiger partial charge in [0.25, 0.3) is 0 Å². The number of fused-ring (bicyclic) bond motifs is 1. The molecule has 1 nitrogen and oxygen atoms in total. The minimum absolute atomic E-state index is 0.0376. The summed E-state index contributed by atoms with van der Waals surface area (Å²) in [6, 6.07) is 4.56. The highest BCUT2D eigenvalue weighted by Gasteiger charge is 2.43. The van der Waals surface area contributed by atoms with Crippen molar-refractivity contribution in [1.29, 1.82) is 0 Å². The predicted molar refractivity (Wildman–Crippen MR) is 75.2 cm³/mol. The van der Waals surface area contributed by atoms with Crippen molar-refractivity contribution in [3.05, 3.63) is 34.4 Å². The summed E-state index contributed by atoms with van der Waals surface area (Å²) in [5.41, 5.74) is 6.76. The quantitative estimate of drug-likeness (QED) is 0.633. The number of aliphatic imine (C=N–C) groups is 1. The molecule has 0 saturated carbocycles. The lowest BCUT2D eigenvalue weighted by molar-refractivity contribution is 0.302. The number of rotatable bonds is 0. The second-order valence-corrected chi connectivity index (χ2v) is 6.39. The van der Waals surface area contributed by atoms with Crippen LogP contribution in [0.1, 0.15) is 56.9 Å². The summed E-state index contributed by atoms with van der Waals surface area (Å²) in [6.45, 7) is 15.6. The Morgan fingerprint density at radius 2 is 1.53 bits per heavy atom. The van der Waals surface area contributed by atoms with Crippen LogP contribution in [0.15, 0.2) is 17.1 Å². The SMILES string of the molecule is CC1=NC(C)(C)C(C)(C)c2c(C)cc(C)cc21. The third kappa shape index (κ3) is 1.64. The second-order valence-electron chi connectivity index (χ2n) is 6.39. The number of benzene rings is 1. The van der Waals surface area contributed by atoms with Crippen LogP contribution in [-0.4, -0.2) is 11.3 Å². The van der Waals surface area contributed by atoms with E-state index in [9.17, 15) is 0 Å². The summed E-state index contributed by atoms with van der Waals surface area (Å²) < 4.78 is 0. The van der Waals surface area contributed by atoms with Gasteiger partial charge in [0.05, 0.1) is 5.54 Å². The monoisotopic (exact) mass is 229 g/mol. The van der Waals surface area contributed by atoms with Crippen molar-refractivity contribution >= 4 is 5.71 Å². The van der Waals surface area contributed by atoms with Crippen LogP contribution in [0.4, 0.5) is 0 Å². The van der Waals surface area contributed by atoms with E-state index in [1.54, 1.807) is 0 Å². The van der Waals surface area contributed by atoms with E-state index < -0.39 is 0 Å². The molecule has 0 saturated heterocycles. The van der Waals surface area contributed by atoms with E-state index in [0.717, 1.165) is 0 Å². The first-order valence-corrected chi connectivity index (χ1v) is 6.35. The van der Waals surface area contributed by atoms with Crippen molar-refractivity contribution < 1.29 is 0 Å². The van der Waals surface area contributed by atoms with Gasteiger partial charge < -0.3 is 0 Å². The van der Waals surface area contributed by atoms with Gasteiger partial charge in [0.15, 0.2) is 0 Å². The van der Waals surface area contributed by atoms with Crippen molar-refractivity contribution in [3.8, 4) is 0 Å². The van der Waals surface area contributed by atoms with Gasteiger partial charge in [-0.25, -0.2) is 0 Å². The molecule has 1 aromatic rings. The highest BCUT2D eigenvalue weighted by molar-refractivity contribution is 6.02. The van der Waals surface area contributed by atoms with Crippen molar-refractivity contribution in [2.24, 2.45) is 4.99 Å². The largest absolute Gasteiger partial charge is 0.282 e. The molecule has 0 aromatic heterocycles. The molecule has 0 aliphatic carbocycles. The van der Waals surface area contributed by atoms with E-state index in [2.05, 4.69) is 60.6 Å². The van der Waals surface area contributed by atoms with E-state index in [1.807, 2.05) is 0 Å². The summed E-state index contributed by atoms with van der Waals surface area (Å²) in [5.74, 6) is 0. The van der Waals surface area contributed by atoms with Crippen LogP contribution < -0.4 is 0 Å². The Balaban J connectivity index is 2.83. The third-order valence-corrected chi connectivity index (χ3v) is 4.47. The van der Waals surface area contributed by atoms with Crippen LogP contribution in [0.3, 0.4) is 0 Å². The Kier molecular flexibility index (Phi) is 2.50. The lowest BCUT2D eigenvalue weighted by atomic mass is 9.65. The minimum Gasteiger partial charge on any atom is -0.282 e. The van der Waals surface area contributed by atoms with E-state index in [4.69, 9.17) is 4.99 Å². The first-order chi connectivity index (χ1) is 7.67. The normalized spacial score (nSPS) is 20.8.